The molecule has 0 unspecified atom stereocenters. The van der Waals surface area contributed by atoms with Crippen molar-refractivity contribution in [3.63, 3.8) is 0 Å². The van der Waals surface area contributed by atoms with Gasteiger partial charge in [-0.3, -0.25) is 4.79 Å². The number of ether oxygens (including phenoxy) is 1. The monoisotopic (exact) mass is 374 g/mol. The van der Waals surface area contributed by atoms with E-state index in [-0.39, 0.29) is 5.91 Å². The lowest BCUT2D eigenvalue weighted by molar-refractivity contribution is 0.102. The molecular formula is C24H26N2O2. The number of carbonyl (C=O) groups is 1. The van der Waals surface area contributed by atoms with Crippen molar-refractivity contribution in [3.8, 4) is 5.75 Å². The first kappa shape index (κ1) is 19.6. The zero-order chi connectivity index (χ0) is 19.8. The number of hydrogen-bond donors (Lipinski definition) is 1. The van der Waals surface area contributed by atoms with Crippen molar-refractivity contribution in [2.75, 3.05) is 26.0 Å². The fourth-order valence-electron chi connectivity index (χ4n) is 2.75. The molecule has 0 atom stereocenters. The molecule has 1 N–H and O–H groups in total. The quantitative estimate of drug-likeness (QED) is 0.625. The van der Waals surface area contributed by atoms with Gasteiger partial charge in [0.25, 0.3) is 5.91 Å². The molecule has 0 aliphatic heterocycles. The molecule has 0 radical (unpaired) electrons. The van der Waals surface area contributed by atoms with E-state index in [2.05, 4.69) is 36.4 Å². The Balaban J connectivity index is 1.52. The number of nitrogens with one attached hydrogen (secondary N) is 1. The molecule has 4 nitrogen and oxygen atoms in total. The summed E-state index contributed by atoms with van der Waals surface area (Å²) in [6.45, 7) is 1.51. The first-order valence-corrected chi connectivity index (χ1v) is 9.42. The molecule has 0 bridgehead atoms. The Morgan fingerprint density at radius 2 is 1.54 bits per heavy atom. The highest BCUT2D eigenvalue weighted by atomic mass is 16.5. The van der Waals surface area contributed by atoms with E-state index in [9.17, 15) is 4.79 Å². The van der Waals surface area contributed by atoms with Crippen molar-refractivity contribution in [2.45, 2.75) is 13.0 Å². The van der Waals surface area contributed by atoms with Crippen LogP contribution in [0.5, 0.6) is 5.75 Å². The minimum atomic E-state index is -0.129. The van der Waals surface area contributed by atoms with Crippen LogP contribution in [-0.4, -0.2) is 31.4 Å². The molecule has 3 aromatic carbocycles. The maximum Gasteiger partial charge on any atom is 0.255 e. The molecule has 0 aromatic heterocycles. The number of carbonyl (C=O) groups excluding carboxylic acids is 1. The number of likely N-dealkylation sites (N-methyl/N-ethyl adjacent to an activating group) is 1. The number of hydrogen-bond acceptors (Lipinski definition) is 3. The van der Waals surface area contributed by atoms with Crippen molar-refractivity contribution >= 4 is 11.6 Å². The molecule has 0 heterocycles. The molecule has 4 heteroatoms. The van der Waals surface area contributed by atoms with Gasteiger partial charge in [0.2, 0.25) is 0 Å². The van der Waals surface area contributed by atoms with Crippen LogP contribution in [0.4, 0.5) is 5.69 Å². The summed E-state index contributed by atoms with van der Waals surface area (Å²) in [5.74, 6) is 0.612. The van der Waals surface area contributed by atoms with Crippen LogP contribution in [0.2, 0.25) is 0 Å². The number of anilines is 1. The Kier molecular flexibility index (Phi) is 6.82. The summed E-state index contributed by atoms with van der Waals surface area (Å²) < 4.78 is 5.76. The summed E-state index contributed by atoms with van der Waals surface area (Å²) in [4.78, 5) is 14.6. The minimum Gasteiger partial charge on any atom is -0.489 e. The minimum absolute atomic E-state index is 0.129. The molecule has 0 fully saturated rings. The van der Waals surface area contributed by atoms with Crippen molar-refractivity contribution in [1.82, 2.24) is 4.90 Å². The third-order valence-electron chi connectivity index (χ3n) is 4.42. The largest absolute Gasteiger partial charge is 0.489 e. The smallest absolute Gasteiger partial charge is 0.255 e. The number of rotatable bonds is 8. The third-order valence-corrected chi connectivity index (χ3v) is 4.42. The van der Waals surface area contributed by atoms with Crippen LogP contribution < -0.4 is 10.1 Å². The fraction of sp³-hybridized carbons (Fsp3) is 0.208. The fourth-order valence-corrected chi connectivity index (χ4v) is 2.75. The Hall–Kier alpha value is -3.11. The molecule has 28 heavy (non-hydrogen) atoms. The van der Waals surface area contributed by atoms with Gasteiger partial charge in [-0.1, -0.05) is 42.5 Å². The van der Waals surface area contributed by atoms with Crippen LogP contribution in [-0.2, 0) is 13.0 Å². The summed E-state index contributed by atoms with van der Waals surface area (Å²) in [6, 6.07) is 25.2. The maximum absolute atomic E-state index is 12.4. The second-order valence-corrected chi connectivity index (χ2v) is 7.00. The van der Waals surface area contributed by atoms with Crippen LogP contribution in [0.25, 0.3) is 0 Å². The zero-order valence-corrected chi connectivity index (χ0v) is 16.4. The van der Waals surface area contributed by atoms with Crippen LogP contribution >= 0.6 is 0 Å². The van der Waals surface area contributed by atoms with Crippen LogP contribution in [0.1, 0.15) is 21.5 Å². The lowest BCUT2D eigenvalue weighted by Crippen LogP contribution is -2.15. The van der Waals surface area contributed by atoms with E-state index < -0.39 is 0 Å². The molecule has 144 valence electrons. The normalized spacial score (nSPS) is 10.7. The van der Waals surface area contributed by atoms with Gasteiger partial charge in [-0.15, -0.1) is 0 Å². The predicted octanol–water partition coefficient (Wildman–Crippen LogP) is 4.62. The summed E-state index contributed by atoms with van der Waals surface area (Å²) >= 11 is 0. The van der Waals surface area contributed by atoms with Gasteiger partial charge in [0, 0.05) is 17.8 Å². The first-order valence-electron chi connectivity index (χ1n) is 9.42. The first-order chi connectivity index (χ1) is 13.6. The molecule has 0 saturated heterocycles. The molecule has 0 spiro atoms. The SMILES string of the molecule is CN(C)CCc1ccc(NC(=O)c2ccc(OCc3ccccc3)cc2)cc1. The molecule has 0 saturated carbocycles. The van der Waals surface area contributed by atoms with Gasteiger partial charge >= 0.3 is 0 Å². The average Bonchev–Trinajstić information content (AvgIpc) is 2.73. The van der Waals surface area contributed by atoms with E-state index in [4.69, 9.17) is 4.74 Å². The lowest BCUT2D eigenvalue weighted by Gasteiger charge is -2.10. The highest BCUT2D eigenvalue weighted by molar-refractivity contribution is 6.04. The van der Waals surface area contributed by atoms with E-state index in [0.717, 1.165) is 30.0 Å². The molecule has 3 rings (SSSR count). The van der Waals surface area contributed by atoms with E-state index in [1.165, 1.54) is 5.56 Å². The summed E-state index contributed by atoms with van der Waals surface area (Å²) in [6.07, 6.45) is 0.992. The van der Waals surface area contributed by atoms with E-state index in [1.54, 1.807) is 12.1 Å². The van der Waals surface area contributed by atoms with Gasteiger partial charge in [0.05, 0.1) is 0 Å². The molecule has 0 aliphatic carbocycles. The lowest BCUT2D eigenvalue weighted by atomic mass is 10.1. The standard InChI is InChI=1S/C24H26N2O2/c1-26(2)17-16-19-8-12-22(13-9-19)25-24(27)21-10-14-23(15-11-21)28-18-20-6-4-3-5-7-20/h3-15H,16-18H2,1-2H3,(H,25,27). The van der Waals surface area contributed by atoms with Crippen LogP contribution in [0.15, 0.2) is 78.9 Å². The Labute approximate surface area is 166 Å². The van der Waals surface area contributed by atoms with Gasteiger partial charge in [0.1, 0.15) is 12.4 Å². The van der Waals surface area contributed by atoms with Crippen molar-refractivity contribution in [3.05, 3.63) is 95.6 Å². The van der Waals surface area contributed by atoms with Gasteiger partial charge in [0.15, 0.2) is 0 Å². The topological polar surface area (TPSA) is 41.6 Å². The third kappa shape index (κ3) is 5.96. The van der Waals surface area contributed by atoms with E-state index in [1.807, 2.05) is 54.6 Å². The highest BCUT2D eigenvalue weighted by Gasteiger charge is 2.07. The maximum atomic E-state index is 12.4. The van der Waals surface area contributed by atoms with E-state index in [0.29, 0.717) is 12.2 Å². The Bertz CT molecular complexity index is 873. The van der Waals surface area contributed by atoms with Crippen LogP contribution in [0, 0.1) is 0 Å². The summed E-state index contributed by atoms with van der Waals surface area (Å²) in [7, 11) is 4.12. The number of benzene rings is 3. The van der Waals surface area contributed by atoms with Gasteiger partial charge in [-0.05, 0) is 68.0 Å². The highest BCUT2D eigenvalue weighted by Crippen LogP contribution is 2.16. The van der Waals surface area contributed by atoms with Crippen molar-refractivity contribution in [2.24, 2.45) is 0 Å². The Morgan fingerprint density at radius 1 is 0.857 bits per heavy atom. The second kappa shape index (κ2) is 9.72. The average molecular weight is 374 g/mol. The van der Waals surface area contributed by atoms with Gasteiger partial charge in [-0.2, -0.15) is 0 Å². The van der Waals surface area contributed by atoms with Crippen LogP contribution in [0.3, 0.4) is 0 Å². The van der Waals surface area contributed by atoms with Crippen molar-refractivity contribution < 1.29 is 9.53 Å². The molecule has 3 aromatic rings. The predicted molar refractivity (Wildman–Crippen MR) is 114 cm³/mol. The summed E-state index contributed by atoms with van der Waals surface area (Å²) in [5.41, 5.74) is 3.76. The number of nitrogens with zero attached hydrogens (tertiary/aromatic N) is 1. The van der Waals surface area contributed by atoms with Gasteiger partial charge in [-0.25, -0.2) is 0 Å². The van der Waals surface area contributed by atoms with E-state index >= 15 is 0 Å². The molecule has 0 aliphatic rings. The molecule has 1 amide bonds. The Morgan fingerprint density at radius 3 is 2.18 bits per heavy atom. The van der Waals surface area contributed by atoms with Gasteiger partial charge < -0.3 is 15.0 Å². The summed E-state index contributed by atoms with van der Waals surface area (Å²) in [5, 5.41) is 2.94. The molecular weight excluding hydrogens is 348 g/mol. The zero-order valence-electron chi connectivity index (χ0n) is 16.4. The van der Waals surface area contributed by atoms with Crippen molar-refractivity contribution in [1.29, 1.82) is 0 Å². The number of amides is 1. The second-order valence-electron chi connectivity index (χ2n) is 7.00.